The minimum Gasteiger partial charge on any atom is -0.470 e. The van der Waals surface area contributed by atoms with Crippen molar-refractivity contribution in [2.24, 2.45) is 5.73 Å². The van der Waals surface area contributed by atoms with Crippen LogP contribution < -0.4 is 10.5 Å². The van der Waals surface area contributed by atoms with E-state index in [0.717, 1.165) is 10.9 Å². The lowest BCUT2D eigenvalue weighted by atomic mass is 10.0. The first kappa shape index (κ1) is 9.89. The Morgan fingerprint density at radius 1 is 1.71 bits per heavy atom. The number of rotatable bonds is 3. The van der Waals surface area contributed by atoms with Crippen LogP contribution in [-0.2, 0) is 4.74 Å². The Morgan fingerprint density at radius 3 is 3.21 bits per heavy atom. The summed E-state index contributed by atoms with van der Waals surface area (Å²) >= 11 is 1.52. The number of ether oxygens (including phenoxy) is 2. The van der Waals surface area contributed by atoms with E-state index < -0.39 is 0 Å². The Bertz CT molecular complexity index is 303. The third-order valence-electron chi connectivity index (χ3n) is 2.27. The maximum Gasteiger partial charge on any atom is 0.273 e. The summed E-state index contributed by atoms with van der Waals surface area (Å²) in [6.45, 7) is 3.91. The van der Waals surface area contributed by atoms with E-state index in [4.69, 9.17) is 15.2 Å². The molecule has 2 rings (SSSR count). The molecule has 0 radical (unpaired) electrons. The van der Waals surface area contributed by atoms with Crippen molar-refractivity contribution in [2.45, 2.75) is 18.9 Å². The van der Waals surface area contributed by atoms with Crippen molar-refractivity contribution in [1.82, 2.24) is 4.98 Å². The Morgan fingerprint density at radius 2 is 2.57 bits per heavy atom. The molecule has 0 amide bonds. The van der Waals surface area contributed by atoms with E-state index in [1.807, 2.05) is 12.3 Å². The number of hydrogen-bond acceptors (Lipinski definition) is 5. The topological polar surface area (TPSA) is 57.4 Å². The standard InChI is InChI=1S/C9H14N2O2S/c1-2-13-9-11-8(5-14-9)6-3-12-4-7(6)10/h5-7H,2-4,10H2,1H3. The molecule has 2 N–H and O–H groups in total. The van der Waals surface area contributed by atoms with Gasteiger partial charge >= 0.3 is 0 Å². The van der Waals surface area contributed by atoms with Gasteiger partial charge in [-0.3, -0.25) is 0 Å². The van der Waals surface area contributed by atoms with E-state index in [-0.39, 0.29) is 12.0 Å². The molecular formula is C9H14N2O2S. The number of nitrogens with zero attached hydrogens (tertiary/aromatic N) is 1. The van der Waals surface area contributed by atoms with Gasteiger partial charge in [0.25, 0.3) is 5.19 Å². The molecule has 1 saturated heterocycles. The van der Waals surface area contributed by atoms with Gasteiger partial charge in [0.05, 0.1) is 25.5 Å². The van der Waals surface area contributed by atoms with E-state index in [0.29, 0.717) is 19.8 Å². The summed E-state index contributed by atoms with van der Waals surface area (Å²) in [5, 5.41) is 2.73. The first-order valence-electron chi connectivity index (χ1n) is 4.72. The predicted octanol–water partition coefficient (Wildman–Crippen LogP) is 0.983. The summed E-state index contributed by atoms with van der Waals surface area (Å²) in [6, 6.07) is 0.0755. The van der Waals surface area contributed by atoms with Crippen molar-refractivity contribution < 1.29 is 9.47 Å². The van der Waals surface area contributed by atoms with Crippen LogP contribution in [0.5, 0.6) is 5.19 Å². The van der Waals surface area contributed by atoms with Crippen LogP contribution in [0.15, 0.2) is 5.38 Å². The summed E-state index contributed by atoms with van der Waals surface area (Å²) < 4.78 is 10.6. The first-order valence-corrected chi connectivity index (χ1v) is 5.60. The second kappa shape index (κ2) is 4.25. The molecule has 1 fully saturated rings. The lowest BCUT2D eigenvalue weighted by Gasteiger charge is -2.08. The molecule has 1 aliphatic rings. The van der Waals surface area contributed by atoms with Crippen LogP contribution in [0.1, 0.15) is 18.5 Å². The average molecular weight is 214 g/mol. The second-order valence-corrected chi connectivity index (χ2v) is 4.10. The predicted molar refractivity (Wildman–Crippen MR) is 54.8 cm³/mol. The van der Waals surface area contributed by atoms with Gasteiger partial charge in [-0.05, 0) is 6.92 Å². The molecule has 4 nitrogen and oxygen atoms in total. The SMILES string of the molecule is CCOc1nc(C2COCC2N)cs1. The Balaban J connectivity index is 2.08. The molecule has 0 aromatic carbocycles. The summed E-state index contributed by atoms with van der Waals surface area (Å²) in [6.07, 6.45) is 0. The Kier molecular flexibility index (Phi) is 3.00. The Hall–Kier alpha value is -0.650. The minimum atomic E-state index is 0.0755. The van der Waals surface area contributed by atoms with Crippen LogP contribution in [0.4, 0.5) is 0 Å². The van der Waals surface area contributed by atoms with E-state index in [1.165, 1.54) is 11.3 Å². The normalized spacial score (nSPS) is 26.7. The molecule has 1 aromatic heterocycles. The highest BCUT2D eigenvalue weighted by atomic mass is 32.1. The molecule has 2 unspecified atom stereocenters. The highest BCUT2D eigenvalue weighted by Crippen LogP contribution is 2.28. The molecule has 14 heavy (non-hydrogen) atoms. The van der Waals surface area contributed by atoms with Crippen molar-refractivity contribution in [3.05, 3.63) is 11.1 Å². The fourth-order valence-electron chi connectivity index (χ4n) is 1.50. The molecule has 0 bridgehead atoms. The fourth-order valence-corrected chi connectivity index (χ4v) is 2.30. The summed E-state index contributed by atoms with van der Waals surface area (Å²) in [7, 11) is 0. The molecule has 0 saturated carbocycles. The zero-order valence-electron chi connectivity index (χ0n) is 8.10. The van der Waals surface area contributed by atoms with E-state index >= 15 is 0 Å². The van der Waals surface area contributed by atoms with Crippen LogP contribution in [0.3, 0.4) is 0 Å². The molecule has 1 aromatic rings. The van der Waals surface area contributed by atoms with Gasteiger partial charge in [0, 0.05) is 17.3 Å². The van der Waals surface area contributed by atoms with Gasteiger partial charge in [-0.2, -0.15) is 0 Å². The van der Waals surface area contributed by atoms with Crippen LogP contribution in [0.2, 0.25) is 0 Å². The lowest BCUT2D eigenvalue weighted by Crippen LogP contribution is -2.26. The third-order valence-corrected chi connectivity index (χ3v) is 3.04. The van der Waals surface area contributed by atoms with Crippen molar-refractivity contribution in [2.75, 3.05) is 19.8 Å². The smallest absolute Gasteiger partial charge is 0.273 e. The van der Waals surface area contributed by atoms with Crippen LogP contribution in [0.25, 0.3) is 0 Å². The lowest BCUT2D eigenvalue weighted by molar-refractivity contribution is 0.190. The third kappa shape index (κ3) is 1.89. The largest absolute Gasteiger partial charge is 0.470 e. The maximum atomic E-state index is 5.89. The molecule has 0 aliphatic carbocycles. The van der Waals surface area contributed by atoms with Gasteiger partial charge < -0.3 is 15.2 Å². The van der Waals surface area contributed by atoms with Crippen molar-refractivity contribution >= 4 is 11.3 Å². The summed E-state index contributed by atoms with van der Waals surface area (Å²) in [5.74, 6) is 0.237. The van der Waals surface area contributed by atoms with Gasteiger partial charge in [-0.25, -0.2) is 4.98 Å². The van der Waals surface area contributed by atoms with Gasteiger partial charge in [-0.1, -0.05) is 11.3 Å². The molecule has 2 heterocycles. The quantitative estimate of drug-likeness (QED) is 0.815. The highest BCUT2D eigenvalue weighted by molar-refractivity contribution is 7.11. The zero-order valence-corrected chi connectivity index (χ0v) is 8.92. The average Bonchev–Trinajstić information content (AvgIpc) is 2.74. The monoisotopic (exact) mass is 214 g/mol. The minimum absolute atomic E-state index is 0.0755. The van der Waals surface area contributed by atoms with E-state index in [1.54, 1.807) is 0 Å². The molecule has 5 heteroatoms. The highest BCUT2D eigenvalue weighted by Gasteiger charge is 2.28. The zero-order chi connectivity index (χ0) is 9.97. The van der Waals surface area contributed by atoms with Gasteiger partial charge in [0.1, 0.15) is 0 Å². The fraction of sp³-hybridized carbons (Fsp3) is 0.667. The van der Waals surface area contributed by atoms with Crippen LogP contribution in [-0.4, -0.2) is 30.8 Å². The molecule has 2 atom stereocenters. The number of aromatic nitrogens is 1. The van der Waals surface area contributed by atoms with Crippen LogP contribution in [0, 0.1) is 0 Å². The van der Waals surface area contributed by atoms with Crippen molar-refractivity contribution in [1.29, 1.82) is 0 Å². The Labute approximate surface area is 87.0 Å². The number of hydrogen-bond donors (Lipinski definition) is 1. The van der Waals surface area contributed by atoms with Crippen molar-refractivity contribution in [3.63, 3.8) is 0 Å². The molecule has 0 spiro atoms. The molecule has 1 aliphatic heterocycles. The van der Waals surface area contributed by atoms with Gasteiger partial charge in [-0.15, -0.1) is 0 Å². The summed E-state index contributed by atoms with van der Waals surface area (Å²) in [4.78, 5) is 4.37. The molecule has 78 valence electrons. The molecular weight excluding hydrogens is 200 g/mol. The number of thiazole rings is 1. The van der Waals surface area contributed by atoms with Crippen molar-refractivity contribution in [3.8, 4) is 5.19 Å². The van der Waals surface area contributed by atoms with Gasteiger partial charge in [0.15, 0.2) is 0 Å². The second-order valence-electron chi connectivity index (χ2n) is 3.28. The van der Waals surface area contributed by atoms with E-state index in [9.17, 15) is 0 Å². The summed E-state index contributed by atoms with van der Waals surface area (Å²) in [5.41, 5.74) is 6.90. The van der Waals surface area contributed by atoms with Gasteiger partial charge in [0.2, 0.25) is 0 Å². The van der Waals surface area contributed by atoms with E-state index in [2.05, 4.69) is 4.98 Å². The first-order chi connectivity index (χ1) is 6.81. The van der Waals surface area contributed by atoms with Crippen LogP contribution >= 0.6 is 11.3 Å². The number of nitrogens with two attached hydrogens (primary N) is 1. The maximum absolute atomic E-state index is 5.89.